The summed E-state index contributed by atoms with van der Waals surface area (Å²) < 4.78 is 0. The van der Waals surface area contributed by atoms with Crippen molar-refractivity contribution in [2.45, 2.75) is 76.5 Å². The monoisotopic (exact) mass is 832 g/mol. The Morgan fingerprint density at radius 2 is 0.825 bits per heavy atom. The van der Waals surface area contributed by atoms with E-state index >= 15 is 0 Å². The van der Waals surface area contributed by atoms with E-state index in [4.69, 9.17) is 0 Å². The van der Waals surface area contributed by atoms with E-state index in [1.54, 1.807) is 33.4 Å². The summed E-state index contributed by atoms with van der Waals surface area (Å²) in [5, 5.41) is 11.3. The lowest BCUT2D eigenvalue weighted by Crippen LogP contribution is -2.47. The van der Waals surface area contributed by atoms with Gasteiger partial charge in [0.2, 0.25) is 0 Å². The third-order valence-electron chi connectivity index (χ3n) is 17.2. The Labute approximate surface area is 375 Å². The maximum Gasteiger partial charge on any atom is 0.0553 e. The summed E-state index contributed by atoms with van der Waals surface area (Å²) in [6.45, 7) is 11.1. The number of fused-ring (bicyclic) bond motifs is 6. The van der Waals surface area contributed by atoms with E-state index in [0.29, 0.717) is 46.6 Å². The van der Waals surface area contributed by atoms with Crippen molar-refractivity contribution in [3.63, 3.8) is 0 Å². The van der Waals surface area contributed by atoms with Gasteiger partial charge in [-0.15, -0.1) is 0 Å². The summed E-state index contributed by atoms with van der Waals surface area (Å²) >= 11 is 0. The first kappa shape index (κ1) is 39.1. The predicted molar refractivity (Wildman–Crippen MR) is 272 cm³/mol. The van der Waals surface area contributed by atoms with Crippen LogP contribution in [-0.4, -0.2) is 8.07 Å². The fraction of sp³-hybridized carbons (Fsp3) is 0.290. The topological polar surface area (TPSA) is 0 Å². The lowest BCUT2D eigenvalue weighted by atomic mass is 9.72. The van der Waals surface area contributed by atoms with Crippen molar-refractivity contribution in [3.8, 4) is 0 Å². The first-order chi connectivity index (χ1) is 30.9. The van der Waals surface area contributed by atoms with Crippen LogP contribution in [0.1, 0.15) is 63.5 Å². The number of allylic oxidation sites excluding steroid dienone is 8. The maximum atomic E-state index is 2.88. The normalized spacial score (nSPS) is 27.6. The van der Waals surface area contributed by atoms with Gasteiger partial charge in [-0.2, -0.15) is 0 Å². The molecule has 0 bridgehead atoms. The molecule has 0 nitrogen and oxygen atoms in total. The molecule has 6 aromatic rings. The molecule has 8 atom stereocenters. The van der Waals surface area contributed by atoms with E-state index in [-0.39, 0.29) is 0 Å². The van der Waals surface area contributed by atoms with Gasteiger partial charge >= 0.3 is 0 Å². The van der Waals surface area contributed by atoms with Crippen LogP contribution in [-0.2, 0) is 0 Å². The Balaban J connectivity index is 1.04. The number of rotatable bonds is 6. The van der Waals surface area contributed by atoms with Crippen molar-refractivity contribution >= 4 is 64.1 Å². The Hall–Kier alpha value is -5.50. The van der Waals surface area contributed by atoms with Crippen LogP contribution in [0.4, 0.5) is 0 Å². The molecular formula is C62H60Si. The van der Waals surface area contributed by atoms with Crippen LogP contribution in [0.2, 0.25) is 24.2 Å². The average molecular weight is 833 g/mol. The molecule has 0 heterocycles. The van der Waals surface area contributed by atoms with E-state index in [1.807, 2.05) is 0 Å². The fourth-order valence-corrected chi connectivity index (χ4v) is 21.5. The molecule has 0 radical (unpaired) electrons. The Bertz CT molecular complexity index is 3010. The number of hydrogen-bond acceptors (Lipinski definition) is 0. The molecule has 12 rings (SSSR count). The molecule has 1 heteroatoms. The fourth-order valence-electron chi connectivity index (χ4n) is 15.2. The van der Waals surface area contributed by atoms with Crippen LogP contribution in [0.3, 0.4) is 0 Å². The third kappa shape index (κ3) is 6.20. The second-order valence-corrected chi connectivity index (χ2v) is 25.7. The van der Waals surface area contributed by atoms with Gasteiger partial charge in [-0.1, -0.05) is 197 Å². The third-order valence-corrected chi connectivity index (χ3v) is 22.5. The molecule has 6 aliphatic carbocycles. The SMILES string of the molecule is CC1C[C@@H]2C(C3=c4ccccc4=CCC3)=CC=C(c3cccc4ccccc34)C2C1[Si](C)(C)C1C(C)C[C@@H]2C(C3=c4ccccc4=CCC3)=CC=C(c3cccc4ccccc34)C12. The molecule has 2 saturated carbocycles. The highest BCUT2D eigenvalue weighted by Gasteiger charge is 2.60. The van der Waals surface area contributed by atoms with E-state index in [0.717, 1.165) is 25.7 Å². The molecule has 0 N–H and O–H groups in total. The Kier molecular flexibility index (Phi) is 9.53. The molecule has 312 valence electrons. The zero-order valence-corrected chi connectivity index (χ0v) is 38.5. The van der Waals surface area contributed by atoms with Crippen LogP contribution < -0.4 is 20.9 Å². The predicted octanol–water partition coefficient (Wildman–Crippen LogP) is 13.2. The molecule has 0 amide bonds. The molecule has 6 unspecified atom stereocenters. The van der Waals surface area contributed by atoms with Crippen LogP contribution in [0.15, 0.2) is 169 Å². The molecule has 6 aromatic carbocycles. The van der Waals surface area contributed by atoms with Crippen molar-refractivity contribution < 1.29 is 0 Å². The molecule has 0 aromatic heterocycles. The van der Waals surface area contributed by atoms with E-state index < -0.39 is 8.07 Å². The van der Waals surface area contributed by atoms with Crippen molar-refractivity contribution in [1.82, 2.24) is 0 Å². The standard InChI is InChI=1S/C62H60Si/c1-39-37-57-53(49-29-13-21-41-17-5-9-25-45(41)49)33-35-55(51-31-15-23-43-19-7-11-27-47(43)51)59(57)61(39)63(3,4)62-40(2)38-58-54(50-30-14-22-42-18-6-10-26-46(42)50)34-36-56(60(58)62)52-32-16-24-44-20-8-12-28-48(44)52/h5-12,15-28,31-36,39-40,57-62H,13-14,29-30,37-38H2,1-4H3/t39?,40?,57-,58-,59?,60?,61?,62?/m1/s1. The highest BCUT2D eigenvalue weighted by Crippen LogP contribution is 2.68. The zero-order valence-electron chi connectivity index (χ0n) is 37.5. The van der Waals surface area contributed by atoms with Crippen LogP contribution in [0, 0.1) is 35.5 Å². The molecule has 6 aliphatic rings. The van der Waals surface area contributed by atoms with E-state index in [9.17, 15) is 0 Å². The van der Waals surface area contributed by atoms with Crippen molar-refractivity contribution in [3.05, 3.63) is 201 Å². The molecule has 0 saturated heterocycles. The summed E-state index contributed by atoms with van der Waals surface area (Å²) in [5.41, 5.74) is 13.9. The van der Waals surface area contributed by atoms with E-state index in [2.05, 4.69) is 197 Å². The van der Waals surface area contributed by atoms with Crippen LogP contribution >= 0.6 is 0 Å². The summed E-state index contributed by atoms with van der Waals surface area (Å²) in [6, 6.07) is 51.0. The number of hydrogen-bond donors (Lipinski definition) is 0. The summed E-state index contributed by atoms with van der Waals surface area (Å²) in [7, 11) is -2.13. The summed E-state index contributed by atoms with van der Waals surface area (Å²) in [5.74, 6) is 3.29. The molecule has 2 fully saturated rings. The van der Waals surface area contributed by atoms with Gasteiger partial charge in [0, 0.05) is 0 Å². The van der Waals surface area contributed by atoms with Gasteiger partial charge in [0.15, 0.2) is 0 Å². The lowest BCUT2D eigenvalue weighted by Gasteiger charge is -2.48. The Morgan fingerprint density at radius 1 is 0.429 bits per heavy atom. The number of benzene rings is 6. The van der Waals surface area contributed by atoms with Gasteiger partial charge in [0.1, 0.15) is 0 Å². The molecule has 63 heavy (non-hydrogen) atoms. The van der Waals surface area contributed by atoms with Gasteiger partial charge in [-0.05, 0) is 172 Å². The molecule has 0 spiro atoms. The summed E-state index contributed by atoms with van der Waals surface area (Å²) in [4.78, 5) is 0. The zero-order chi connectivity index (χ0) is 42.4. The Morgan fingerprint density at radius 3 is 1.30 bits per heavy atom. The molecule has 0 aliphatic heterocycles. The first-order valence-corrected chi connectivity index (χ1v) is 27.4. The minimum absolute atomic E-state index is 0.489. The minimum Gasteiger partial charge on any atom is -0.0763 e. The lowest BCUT2D eigenvalue weighted by molar-refractivity contribution is 0.499. The van der Waals surface area contributed by atoms with Gasteiger partial charge in [-0.3, -0.25) is 0 Å². The highest BCUT2D eigenvalue weighted by molar-refractivity contribution is 6.81. The quantitative estimate of drug-likeness (QED) is 0.147. The van der Waals surface area contributed by atoms with Crippen molar-refractivity contribution in [2.75, 3.05) is 0 Å². The maximum absolute atomic E-state index is 2.88. The smallest absolute Gasteiger partial charge is 0.0553 e. The van der Waals surface area contributed by atoms with Gasteiger partial charge in [0.25, 0.3) is 0 Å². The second kappa shape index (κ2) is 15.3. The van der Waals surface area contributed by atoms with E-state index in [1.165, 1.54) is 66.4 Å². The van der Waals surface area contributed by atoms with Gasteiger partial charge in [0.05, 0.1) is 8.07 Å². The van der Waals surface area contributed by atoms with Crippen LogP contribution in [0.25, 0.3) is 56.0 Å². The largest absolute Gasteiger partial charge is 0.0763 e. The first-order valence-electron chi connectivity index (χ1n) is 24.2. The second-order valence-electron chi connectivity index (χ2n) is 20.7. The van der Waals surface area contributed by atoms with Crippen LogP contribution in [0.5, 0.6) is 0 Å². The van der Waals surface area contributed by atoms with Gasteiger partial charge < -0.3 is 0 Å². The van der Waals surface area contributed by atoms with Crippen molar-refractivity contribution in [1.29, 1.82) is 0 Å². The molecular weight excluding hydrogens is 773 g/mol. The van der Waals surface area contributed by atoms with Crippen molar-refractivity contribution in [2.24, 2.45) is 35.5 Å². The summed E-state index contributed by atoms with van der Waals surface area (Å²) in [6.07, 6.45) is 22.5. The minimum atomic E-state index is -2.13. The average Bonchev–Trinajstić information content (AvgIpc) is 3.88. The highest BCUT2D eigenvalue weighted by atomic mass is 28.3. The van der Waals surface area contributed by atoms with Gasteiger partial charge in [-0.25, -0.2) is 0 Å².